The number of phenolic OH excluding ortho intramolecular Hbond substituents is 1. The average Bonchev–Trinajstić information content (AvgIpc) is 3.18. The van der Waals surface area contributed by atoms with Crippen molar-refractivity contribution in [1.82, 2.24) is 4.98 Å². The fourth-order valence-electron chi connectivity index (χ4n) is 3.54. The van der Waals surface area contributed by atoms with Gasteiger partial charge in [0.1, 0.15) is 17.4 Å². The van der Waals surface area contributed by atoms with Gasteiger partial charge in [-0.05, 0) is 61.7 Å². The molecule has 3 aromatic rings. The number of hydrogen-bond acceptors (Lipinski definition) is 3. The van der Waals surface area contributed by atoms with E-state index in [1.54, 1.807) is 24.3 Å². The van der Waals surface area contributed by atoms with E-state index >= 15 is 0 Å². The molecule has 2 aromatic carbocycles. The third-order valence-corrected chi connectivity index (χ3v) is 5.24. The Balaban J connectivity index is 1.94. The number of anilines is 1. The SMILES string of the molecule is Cc1ccc(O)c(-c2cc(-c3c(F)cccc3Cl)cc(N3CCCC3)n2)c1. The van der Waals surface area contributed by atoms with Crippen LogP contribution in [0.3, 0.4) is 0 Å². The van der Waals surface area contributed by atoms with Gasteiger partial charge >= 0.3 is 0 Å². The Morgan fingerprint density at radius 2 is 1.85 bits per heavy atom. The van der Waals surface area contributed by atoms with Crippen LogP contribution >= 0.6 is 11.6 Å². The average molecular weight is 383 g/mol. The van der Waals surface area contributed by atoms with Crippen LogP contribution in [0.5, 0.6) is 5.75 Å². The van der Waals surface area contributed by atoms with Gasteiger partial charge in [0.15, 0.2) is 0 Å². The summed E-state index contributed by atoms with van der Waals surface area (Å²) in [5.41, 5.74) is 3.27. The third-order valence-electron chi connectivity index (χ3n) is 4.92. The molecule has 0 spiro atoms. The first-order valence-electron chi connectivity index (χ1n) is 9.04. The predicted molar refractivity (Wildman–Crippen MR) is 108 cm³/mol. The molecular formula is C22H20ClFN2O. The van der Waals surface area contributed by atoms with Crippen molar-refractivity contribution in [2.75, 3.05) is 18.0 Å². The molecule has 0 radical (unpaired) electrons. The van der Waals surface area contributed by atoms with Gasteiger partial charge in [-0.25, -0.2) is 9.37 Å². The molecule has 1 aliphatic heterocycles. The van der Waals surface area contributed by atoms with Crippen LogP contribution in [0.2, 0.25) is 5.02 Å². The first-order valence-corrected chi connectivity index (χ1v) is 9.42. The molecule has 0 atom stereocenters. The van der Waals surface area contributed by atoms with E-state index in [1.165, 1.54) is 6.07 Å². The fourth-order valence-corrected chi connectivity index (χ4v) is 3.81. The number of benzene rings is 2. The van der Waals surface area contributed by atoms with Crippen LogP contribution in [0.15, 0.2) is 48.5 Å². The standard InChI is InChI=1S/C22H20ClFN2O/c1-14-7-8-20(27)16(11-14)19-12-15(22-17(23)5-4-6-18(22)24)13-21(25-19)26-9-2-3-10-26/h4-8,11-13,27H,2-3,9-10H2,1H3. The quantitative estimate of drug-likeness (QED) is 0.619. The molecule has 4 rings (SSSR count). The van der Waals surface area contributed by atoms with Crippen LogP contribution < -0.4 is 4.90 Å². The largest absolute Gasteiger partial charge is 0.507 e. The number of aryl methyl sites for hydroxylation is 1. The van der Waals surface area contributed by atoms with Gasteiger partial charge in [-0.2, -0.15) is 0 Å². The minimum atomic E-state index is -0.375. The van der Waals surface area contributed by atoms with Gasteiger partial charge in [-0.15, -0.1) is 0 Å². The van der Waals surface area contributed by atoms with Gasteiger partial charge in [0, 0.05) is 24.2 Å². The molecule has 2 heterocycles. The Bertz CT molecular complexity index is 979. The zero-order valence-corrected chi connectivity index (χ0v) is 15.8. The maximum Gasteiger partial charge on any atom is 0.132 e. The highest BCUT2D eigenvalue weighted by Gasteiger charge is 2.19. The van der Waals surface area contributed by atoms with Crippen molar-refractivity contribution in [2.24, 2.45) is 0 Å². The predicted octanol–water partition coefficient (Wildman–Crippen LogP) is 5.82. The first-order chi connectivity index (χ1) is 13.0. The lowest BCUT2D eigenvalue weighted by Crippen LogP contribution is -2.19. The van der Waals surface area contributed by atoms with Crippen LogP contribution in [-0.2, 0) is 0 Å². The van der Waals surface area contributed by atoms with E-state index < -0.39 is 0 Å². The Hall–Kier alpha value is -2.59. The summed E-state index contributed by atoms with van der Waals surface area (Å²) in [5, 5.41) is 10.7. The highest BCUT2D eigenvalue weighted by Crippen LogP contribution is 2.37. The number of aromatic hydroxyl groups is 1. The van der Waals surface area contributed by atoms with E-state index in [9.17, 15) is 9.50 Å². The van der Waals surface area contributed by atoms with Crippen LogP contribution in [0.1, 0.15) is 18.4 Å². The molecule has 0 bridgehead atoms. The zero-order valence-electron chi connectivity index (χ0n) is 15.0. The molecular weight excluding hydrogens is 363 g/mol. The minimum Gasteiger partial charge on any atom is -0.507 e. The van der Waals surface area contributed by atoms with Crippen LogP contribution in [-0.4, -0.2) is 23.2 Å². The van der Waals surface area contributed by atoms with Crippen molar-refractivity contribution in [3.05, 3.63) is 64.9 Å². The maximum atomic E-state index is 14.6. The number of pyridine rings is 1. The molecule has 1 N–H and O–H groups in total. The normalized spacial score (nSPS) is 14.0. The smallest absolute Gasteiger partial charge is 0.132 e. The first kappa shape index (κ1) is 17.8. The fraction of sp³-hybridized carbons (Fsp3) is 0.227. The zero-order chi connectivity index (χ0) is 19.0. The number of rotatable bonds is 3. The van der Waals surface area contributed by atoms with E-state index in [-0.39, 0.29) is 11.6 Å². The Morgan fingerprint density at radius 1 is 1.07 bits per heavy atom. The Morgan fingerprint density at radius 3 is 2.59 bits per heavy atom. The molecule has 1 saturated heterocycles. The van der Waals surface area contributed by atoms with Gasteiger partial charge in [-0.1, -0.05) is 29.3 Å². The van der Waals surface area contributed by atoms with Crippen LogP contribution in [0.25, 0.3) is 22.4 Å². The van der Waals surface area contributed by atoms with E-state index in [1.807, 2.05) is 25.1 Å². The molecule has 0 aliphatic carbocycles. The Labute approximate surface area is 163 Å². The number of hydrogen-bond donors (Lipinski definition) is 1. The molecule has 27 heavy (non-hydrogen) atoms. The summed E-state index contributed by atoms with van der Waals surface area (Å²) >= 11 is 6.31. The molecule has 1 aliphatic rings. The van der Waals surface area contributed by atoms with Gasteiger partial charge < -0.3 is 10.0 Å². The van der Waals surface area contributed by atoms with Gasteiger partial charge in [0.05, 0.1) is 10.7 Å². The molecule has 1 fully saturated rings. The summed E-state index contributed by atoms with van der Waals surface area (Å²) in [6.45, 7) is 3.79. The summed E-state index contributed by atoms with van der Waals surface area (Å²) in [6, 6.07) is 13.7. The lowest BCUT2D eigenvalue weighted by atomic mass is 10.0. The van der Waals surface area contributed by atoms with Crippen molar-refractivity contribution in [1.29, 1.82) is 0 Å². The lowest BCUT2D eigenvalue weighted by Gasteiger charge is -2.19. The minimum absolute atomic E-state index is 0.150. The summed E-state index contributed by atoms with van der Waals surface area (Å²) < 4.78 is 14.6. The highest BCUT2D eigenvalue weighted by molar-refractivity contribution is 6.33. The van der Waals surface area contributed by atoms with E-state index in [0.717, 1.165) is 37.3 Å². The van der Waals surface area contributed by atoms with Crippen LogP contribution in [0, 0.1) is 12.7 Å². The maximum absolute atomic E-state index is 14.6. The number of nitrogens with zero attached hydrogens (tertiary/aromatic N) is 2. The molecule has 138 valence electrons. The second-order valence-corrected chi connectivity index (χ2v) is 7.32. The molecule has 0 amide bonds. The monoisotopic (exact) mass is 382 g/mol. The summed E-state index contributed by atoms with van der Waals surface area (Å²) in [7, 11) is 0. The summed E-state index contributed by atoms with van der Waals surface area (Å²) in [4.78, 5) is 6.96. The molecule has 0 unspecified atom stereocenters. The number of halogens is 2. The van der Waals surface area contributed by atoms with Crippen molar-refractivity contribution in [2.45, 2.75) is 19.8 Å². The van der Waals surface area contributed by atoms with E-state index in [4.69, 9.17) is 16.6 Å². The van der Waals surface area contributed by atoms with Crippen molar-refractivity contribution in [3.63, 3.8) is 0 Å². The van der Waals surface area contributed by atoms with Gasteiger partial charge in [-0.3, -0.25) is 0 Å². The van der Waals surface area contributed by atoms with E-state index in [2.05, 4.69) is 4.90 Å². The molecule has 1 aromatic heterocycles. The Kier molecular flexibility index (Phi) is 4.75. The summed E-state index contributed by atoms with van der Waals surface area (Å²) in [6.07, 6.45) is 2.22. The summed E-state index contributed by atoms with van der Waals surface area (Å²) in [5.74, 6) is 0.554. The van der Waals surface area contributed by atoms with Crippen molar-refractivity contribution in [3.8, 4) is 28.1 Å². The van der Waals surface area contributed by atoms with Gasteiger partial charge in [0.2, 0.25) is 0 Å². The second kappa shape index (κ2) is 7.20. The van der Waals surface area contributed by atoms with Crippen LogP contribution in [0.4, 0.5) is 10.2 Å². The number of phenols is 1. The highest BCUT2D eigenvalue weighted by atomic mass is 35.5. The second-order valence-electron chi connectivity index (χ2n) is 6.91. The lowest BCUT2D eigenvalue weighted by molar-refractivity contribution is 0.477. The third kappa shape index (κ3) is 3.50. The molecule has 3 nitrogen and oxygen atoms in total. The number of aromatic nitrogens is 1. The molecule has 0 saturated carbocycles. The van der Waals surface area contributed by atoms with Gasteiger partial charge in [0.25, 0.3) is 0 Å². The van der Waals surface area contributed by atoms with Crippen molar-refractivity contribution < 1.29 is 9.50 Å². The van der Waals surface area contributed by atoms with Crippen molar-refractivity contribution >= 4 is 17.4 Å². The molecule has 5 heteroatoms. The topological polar surface area (TPSA) is 36.4 Å². The van der Waals surface area contributed by atoms with E-state index in [0.29, 0.717) is 27.4 Å².